The number of hydrogen-bond donors (Lipinski definition) is 4. The van der Waals surface area contributed by atoms with E-state index in [1.807, 2.05) is 54.6 Å². The standard InChI is InChI=1S/C36H36Cl2N6O4/c1-21(45)16-39-19-25-15-33(47)44-20-23(10-13-31(44)41-25)26-5-3-6-27(34(26)37)28-7-4-8-29(35(28)38)30-12-9-22(36(43-30)48-2)17-40-18-24-11-14-32(46)42-24/h3-10,12-13,15,20-21,24,39-40,45H,11,14,16-19H2,1-2H3,(H,42,46)/t21?,24-/m0/s1. The number of aliphatic hydroxyl groups excluding tert-OH is 1. The van der Waals surface area contributed by atoms with E-state index in [4.69, 9.17) is 32.9 Å². The zero-order valence-electron chi connectivity index (χ0n) is 26.6. The van der Waals surface area contributed by atoms with E-state index in [1.54, 1.807) is 26.3 Å². The Morgan fingerprint density at radius 1 is 0.958 bits per heavy atom. The van der Waals surface area contributed by atoms with E-state index in [0.29, 0.717) is 65.6 Å². The van der Waals surface area contributed by atoms with Crippen LogP contribution in [-0.4, -0.2) is 57.7 Å². The van der Waals surface area contributed by atoms with Gasteiger partial charge in [0.25, 0.3) is 5.56 Å². The van der Waals surface area contributed by atoms with Gasteiger partial charge in [-0.1, -0.05) is 65.7 Å². The molecule has 2 aromatic carbocycles. The molecule has 5 aromatic rings. The van der Waals surface area contributed by atoms with Crippen molar-refractivity contribution >= 4 is 34.8 Å². The van der Waals surface area contributed by atoms with Crippen LogP contribution in [0.4, 0.5) is 0 Å². The average molecular weight is 688 g/mol. The SMILES string of the molecule is COc1nc(-c2cccc(-c3cccc(-c4ccc5nc(CNCC(C)O)cc(=O)n5c4)c3Cl)c2Cl)ccc1CNC[C@@H]1CCC(=O)N1. The highest BCUT2D eigenvalue weighted by Gasteiger charge is 2.21. The second-order valence-corrected chi connectivity index (χ2v) is 12.6. The number of rotatable bonds is 12. The highest BCUT2D eigenvalue weighted by atomic mass is 35.5. The number of carbonyl (C=O) groups excluding carboxylic acids is 1. The number of amides is 1. The predicted molar refractivity (Wildman–Crippen MR) is 188 cm³/mol. The second kappa shape index (κ2) is 14.8. The Morgan fingerprint density at radius 3 is 2.40 bits per heavy atom. The molecular formula is C36H36Cl2N6O4. The molecular weight excluding hydrogens is 651 g/mol. The van der Waals surface area contributed by atoms with Gasteiger partial charge >= 0.3 is 0 Å². The normalized spacial score (nSPS) is 15.1. The molecule has 3 aromatic heterocycles. The number of fused-ring (bicyclic) bond motifs is 1. The molecule has 12 heteroatoms. The molecule has 1 saturated heterocycles. The molecule has 1 aliphatic heterocycles. The summed E-state index contributed by atoms with van der Waals surface area (Å²) in [5.74, 6) is 0.579. The smallest absolute Gasteiger partial charge is 0.258 e. The van der Waals surface area contributed by atoms with Crippen molar-refractivity contribution in [1.82, 2.24) is 30.3 Å². The van der Waals surface area contributed by atoms with Gasteiger partial charge in [0.15, 0.2) is 0 Å². The quantitative estimate of drug-likeness (QED) is 0.140. The minimum atomic E-state index is -0.494. The summed E-state index contributed by atoms with van der Waals surface area (Å²) in [5, 5.41) is 19.9. The summed E-state index contributed by atoms with van der Waals surface area (Å²) in [6.45, 7) is 3.68. The van der Waals surface area contributed by atoms with Crippen molar-refractivity contribution < 1.29 is 14.6 Å². The molecule has 1 amide bonds. The van der Waals surface area contributed by atoms with Crippen LogP contribution in [0.15, 0.2) is 77.7 Å². The van der Waals surface area contributed by atoms with Crippen LogP contribution in [0.2, 0.25) is 10.0 Å². The van der Waals surface area contributed by atoms with E-state index in [0.717, 1.165) is 39.8 Å². The minimum Gasteiger partial charge on any atom is -0.481 e. The number of aromatic nitrogens is 3. The molecule has 1 aliphatic rings. The lowest BCUT2D eigenvalue weighted by Crippen LogP contribution is -2.35. The van der Waals surface area contributed by atoms with Crippen LogP contribution in [-0.2, 0) is 17.9 Å². The monoisotopic (exact) mass is 686 g/mol. The van der Waals surface area contributed by atoms with Crippen LogP contribution in [0.5, 0.6) is 5.88 Å². The maximum atomic E-state index is 13.0. The third-order valence-corrected chi connectivity index (χ3v) is 9.07. The fourth-order valence-electron chi connectivity index (χ4n) is 5.85. The first-order valence-electron chi connectivity index (χ1n) is 15.7. The van der Waals surface area contributed by atoms with E-state index in [-0.39, 0.29) is 17.5 Å². The van der Waals surface area contributed by atoms with E-state index < -0.39 is 6.10 Å². The van der Waals surface area contributed by atoms with Gasteiger partial charge in [0.05, 0.1) is 34.6 Å². The van der Waals surface area contributed by atoms with Crippen molar-refractivity contribution in [2.45, 2.75) is 45.0 Å². The van der Waals surface area contributed by atoms with E-state index >= 15 is 0 Å². The lowest BCUT2D eigenvalue weighted by Gasteiger charge is -2.16. The van der Waals surface area contributed by atoms with Crippen molar-refractivity contribution in [2.24, 2.45) is 0 Å². The summed E-state index contributed by atoms with van der Waals surface area (Å²) in [5.41, 5.74) is 6.11. The Balaban J connectivity index is 1.26. The second-order valence-electron chi connectivity index (χ2n) is 11.8. The Labute approximate surface area is 288 Å². The van der Waals surface area contributed by atoms with Gasteiger partial charge in [0.1, 0.15) is 5.65 Å². The number of pyridine rings is 2. The van der Waals surface area contributed by atoms with Gasteiger partial charge in [0, 0.05) is 84.3 Å². The molecule has 2 atom stereocenters. The van der Waals surface area contributed by atoms with Crippen molar-refractivity contribution in [2.75, 3.05) is 20.2 Å². The van der Waals surface area contributed by atoms with Crippen LogP contribution in [0.1, 0.15) is 31.0 Å². The molecule has 0 saturated carbocycles. The van der Waals surface area contributed by atoms with Gasteiger partial charge in [-0.2, -0.15) is 0 Å². The Bertz CT molecular complexity index is 2030. The molecule has 0 bridgehead atoms. The summed E-state index contributed by atoms with van der Waals surface area (Å²) in [7, 11) is 1.59. The number of aliphatic hydroxyl groups is 1. The van der Waals surface area contributed by atoms with Crippen LogP contribution in [0, 0.1) is 0 Å². The van der Waals surface area contributed by atoms with Gasteiger partial charge in [-0.3, -0.25) is 14.0 Å². The third kappa shape index (κ3) is 7.38. The van der Waals surface area contributed by atoms with Crippen molar-refractivity contribution in [1.29, 1.82) is 0 Å². The van der Waals surface area contributed by atoms with Crippen LogP contribution < -0.4 is 26.2 Å². The third-order valence-electron chi connectivity index (χ3n) is 8.26. The molecule has 1 unspecified atom stereocenters. The number of carbonyl (C=O) groups is 1. The number of benzene rings is 2. The molecule has 4 heterocycles. The predicted octanol–water partition coefficient (Wildman–Crippen LogP) is 5.24. The Hall–Kier alpha value is -4.32. The first-order chi connectivity index (χ1) is 23.2. The van der Waals surface area contributed by atoms with Gasteiger partial charge in [-0.15, -0.1) is 0 Å². The summed E-state index contributed by atoms with van der Waals surface area (Å²) in [4.78, 5) is 33.9. The summed E-state index contributed by atoms with van der Waals surface area (Å²) >= 11 is 14.1. The zero-order valence-corrected chi connectivity index (χ0v) is 28.1. The van der Waals surface area contributed by atoms with E-state index in [1.165, 1.54) is 10.5 Å². The van der Waals surface area contributed by atoms with E-state index in [2.05, 4.69) is 20.9 Å². The largest absolute Gasteiger partial charge is 0.481 e. The number of nitrogens with zero attached hydrogens (tertiary/aromatic N) is 3. The summed E-state index contributed by atoms with van der Waals surface area (Å²) < 4.78 is 7.13. The molecule has 0 radical (unpaired) electrons. The molecule has 1 fully saturated rings. The first kappa shape index (κ1) is 33.6. The fraction of sp³-hybridized carbons (Fsp3) is 0.278. The molecule has 248 valence electrons. The molecule has 6 rings (SSSR count). The number of hydrogen-bond acceptors (Lipinski definition) is 8. The molecule has 0 aliphatic carbocycles. The molecule has 48 heavy (non-hydrogen) atoms. The van der Waals surface area contributed by atoms with Gasteiger partial charge < -0.3 is 25.8 Å². The molecule has 10 nitrogen and oxygen atoms in total. The number of nitrogens with one attached hydrogen (secondary N) is 3. The van der Waals surface area contributed by atoms with Crippen molar-refractivity contribution in [3.8, 4) is 39.4 Å². The summed E-state index contributed by atoms with van der Waals surface area (Å²) in [6.07, 6.45) is 2.63. The highest BCUT2D eigenvalue weighted by molar-refractivity contribution is 6.39. The molecule has 4 N–H and O–H groups in total. The minimum absolute atomic E-state index is 0.0917. The number of methoxy groups -OCH3 is 1. The van der Waals surface area contributed by atoms with Crippen LogP contribution >= 0.6 is 23.2 Å². The number of ether oxygens (including phenoxy) is 1. The fourth-order valence-corrected chi connectivity index (χ4v) is 6.52. The van der Waals surface area contributed by atoms with Crippen molar-refractivity contribution in [3.05, 3.63) is 105 Å². The van der Waals surface area contributed by atoms with Gasteiger partial charge in [-0.25, -0.2) is 9.97 Å². The summed E-state index contributed by atoms with van der Waals surface area (Å²) in [6, 6.07) is 20.6. The number of halogens is 2. The van der Waals surface area contributed by atoms with Gasteiger partial charge in [-0.05, 0) is 31.5 Å². The van der Waals surface area contributed by atoms with Crippen molar-refractivity contribution in [3.63, 3.8) is 0 Å². The topological polar surface area (TPSA) is 130 Å². The Morgan fingerprint density at radius 2 is 1.69 bits per heavy atom. The maximum Gasteiger partial charge on any atom is 0.258 e. The van der Waals surface area contributed by atoms with Crippen LogP contribution in [0.25, 0.3) is 39.2 Å². The Kier molecular flexibility index (Phi) is 10.4. The maximum absolute atomic E-state index is 13.0. The van der Waals surface area contributed by atoms with Gasteiger partial charge in [0.2, 0.25) is 11.8 Å². The van der Waals surface area contributed by atoms with Crippen LogP contribution in [0.3, 0.4) is 0 Å². The molecule has 0 spiro atoms. The zero-order chi connectivity index (χ0) is 33.8. The lowest BCUT2D eigenvalue weighted by atomic mass is 9.97. The lowest BCUT2D eigenvalue weighted by molar-refractivity contribution is -0.119. The first-order valence-corrected chi connectivity index (χ1v) is 16.5. The van der Waals surface area contributed by atoms with E-state index in [9.17, 15) is 14.7 Å². The highest BCUT2D eigenvalue weighted by Crippen LogP contribution is 2.42. The average Bonchev–Trinajstić information content (AvgIpc) is 3.49.